The molecule has 0 saturated carbocycles. The summed E-state index contributed by atoms with van der Waals surface area (Å²) in [6, 6.07) is 2.00. The zero-order valence-electron chi connectivity index (χ0n) is 10.5. The molecule has 0 saturated heterocycles. The van der Waals surface area contributed by atoms with E-state index in [1.165, 1.54) is 4.90 Å². The Labute approximate surface area is 97.3 Å². The molecular formula is C11H21N3O2. The number of hydrogen-bond acceptors (Lipinski definition) is 4. The predicted octanol–water partition coefficient (Wildman–Crippen LogP) is 0.0612. The molecule has 0 rings (SSSR count). The molecule has 5 heteroatoms. The first-order valence-corrected chi connectivity index (χ1v) is 5.28. The highest BCUT2D eigenvalue weighted by atomic mass is 16.3. The Kier molecular flexibility index (Phi) is 6.01. The van der Waals surface area contributed by atoms with Gasteiger partial charge in [0.05, 0.1) is 24.6 Å². The maximum Gasteiger partial charge on any atom is 0.236 e. The number of rotatable bonds is 6. The third-order valence-electron chi connectivity index (χ3n) is 2.05. The van der Waals surface area contributed by atoms with Gasteiger partial charge >= 0.3 is 0 Å². The molecule has 0 bridgehead atoms. The van der Waals surface area contributed by atoms with Gasteiger partial charge in [0.15, 0.2) is 0 Å². The lowest BCUT2D eigenvalue weighted by Gasteiger charge is -2.26. The van der Waals surface area contributed by atoms with E-state index in [0.717, 1.165) is 0 Å². The van der Waals surface area contributed by atoms with Crippen LogP contribution in [0.1, 0.15) is 20.3 Å². The molecular weight excluding hydrogens is 206 g/mol. The highest BCUT2D eigenvalue weighted by molar-refractivity contribution is 5.77. The minimum atomic E-state index is -0.805. The SMILES string of the molecule is CN(CC(=O)N(C)CCC#N)CC(C)(C)O. The van der Waals surface area contributed by atoms with E-state index in [-0.39, 0.29) is 12.5 Å². The number of nitrogens with zero attached hydrogens (tertiary/aromatic N) is 3. The summed E-state index contributed by atoms with van der Waals surface area (Å²) in [7, 11) is 3.46. The van der Waals surface area contributed by atoms with E-state index in [4.69, 9.17) is 5.26 Å². The lowest BCUT2D eigenvalue weighted by molar-refractivity contribution is -0.131. The lowest BCUT2D eigenvalue weighted by atomic mass is 10.1. The van der Waals surface area contributed by atoms with E-state index in [9.17, 15) is 9.90 Å². The van der Waals surface area contributed by atoms with Crippen LogP contribution in [0.2, 0.25) is 0 Å². The van der Waals surface area contributed by atoms with E-state index in [0.29, 0.717) is 19.5 Å². The van der Waals surface area contributed by atoms with Crippen molar-refractivity contribution in [1.82, 2.24) is 9.80 Å². The van der Waals surface area contributed by atoms with Gasteiger partial charge in [-0.15, -0.1) is 0 Å². The van der Waals surface area contributed by atoms with Crippen molar-refractivity contribution < 1.29 is 9.90 Å². The second kappa shape index (κ2) is 6.46. The van der Waals surface area contributed by atoms with Gasteiger partial charge in [0.25, 0.3) is 0 Å². The molecule has 0 aromatic heterocycles. The molecule has 0 atom stereocenters. The van der Waals surface area contributed by atoms with Gasteiger partial charge < -0.3 is 10.0 Å². The zero-order valence-corrected chi connectivity index (χ0v) is 10.5. The Morgan fingerprint density at radius 3 is 2.44 bits per heavy atom. The fourth-order valence-corrected chi connectivity index (χ4v) is 1.41. The minimum Gasteiger partial charge on any atom is -0.389 e. The monoisotopic (exact) mass is 227 g/mol. The number of hydrogen-bond donors (Lipinski definition) is 1. The van der Waals surface area contributed by atoms with Crippen molar-refractivity contribution in [2.75, 3.05) is 33.7 Å². The summed E-state index contributed by atoms with van der Waals surface area (Å²) >= 11 is 0. The molecule has 0 heterocycles. The van der Waals surface area contributed by atoms with E-state index in [2.05, 4.69) is 0 Å². The molecule has 0 aliphatic carbocycles. The van der Waals surface area contributed by atoms with Crippen LogP contribution in [0.3, 0.4) is 0 Å². The van der Waals surface area contributed by atoms with Crippen molar-refractivity contribution in [1.29, 1.82) is 5.26 Å². The van der Waals surface area contributed by atoms with Crippen molar-refractivity contribution in [3.05, 3.63) is 0 Å². The standard InChI is InChI=1S/C11H21N3O2/c1-11(2,16)9-13(3)8-10(15)14(4)7-5-6-12/h16H,5,7-9H2,1-4H3. The third kappa shape index (κ3) is 7.21. The summed E-state index contributed by atoms with van der Waals surface area (Å²) in [5.41, 5.74) is -0.805. The second-order valence-corrected chi connectivity index (χ2v) is 4.71. The smallest absolute Gasteiger partial charge is 0.236 e. The summed E-state index contributed by atoms with van der Waals surface area (Å²) < 4.78 is 0. The summed E-state index contributed by atoms with van der Waals surface area (Å²) in [5, 5.41) is 18.0. The highest BCUT2D eigenvalue weighted by Gasteiger charge is 2.18. The molecule has 0 fully saturated rings. The summed E-state index contributed by atoms with van der Waals surface area (Å²) in [6.07, 6.45) is 0.345. The molecule has 0 aliphatic heterocycles. The first-order chi connectivity index (χ1) is 7.26. The van der Waals surface area contributed by atoms with E-state index in [1.807, 2.05) is 6.07 Å². The van der Waals surface area contributed by atoms with Crippen LogP contribution < -0.4 is 0 Å². The first-order valence-electron chi connectivity index (χ1n) is 5.28. The van der Waals surface area contributed by atoms with Gasteiger partial charge in [-0.2, -0.15) is 5.26 Å². The maximum absolute atomic E-state index is 11.6. The molecule has 5 nitrogen and oxygen atoms in total. The Hall–Kier alpha value is -1.12. The average molecular weight is 227 g/mol. The maximum atomic E-state index is 11.6. The Balaban J connectivity index is 4.00. The van der Waals surface area contributed by atoms with Crippen molar-refractivity contribution in [3.63, 3.8) is 0 Å². The summed E-state index contributed by atoms with van der Waals surface area (Å²) in [6.45, 7) is 4.54. The Morgan fingerprint density at radius 1 is 1.44 bits per heavy atom. The van der Waals surface area contributed by atoms with Gasteiger partial charge in [0.1, 0.15) is 0 Å². The molecule has 16 heavy (non-hydrogen) atoms. The van der Waals surface area contributed by atoms with Gasteiger partial charge in [-0.25, -0.2) is 0 Å². The second-order valence-electron chi connectivity index (χ2n) is 4.71. The molecule has 0 aromatic rings. The first kappa shape index (κ1) is 14.9. The van der Waals surface area contributed by atoms with E-state index < -0.39 is 5.60 Å². The fraction of sp³-hybridized carbons (Fsp3) is 0.818. The number of amides is 1. The molecule has 0 radical (unpaired) electrons. The number of carbonyl (C=O) groups is 1. The zero-order chi connectivity index (χ0) is 12.8. The average Bonchev–Trinajstić information content (AvgIpc) is 2.10. The number of carbonyl (C=O) groups excluding carboxylic acids is 1. The summed E-state index contributed by atoms with van der Waals surface area (Å²) in [4.78, 5) is 14.9. The van der Waals surface area contributed by atoms with E-state index >= 15 is 0 Å². The molecule has 92 valence electrons. The van der Waals surface area contributed by atoms with Crippen LogP contribution in [0.25, 0.3) is 0 Å². The van der Waals surface area contributed by atoms with Crippen molar-refractivity contribution in [2.45, 2.75) is 25.9 Å². The van der Waals surface area contributed by atoms with Crippen molar-refractivity contribution in [2.24, 2.45) is 0 Å². The molecule has 0 aliphatic rings. The molecule has 0 aromatic carbocycles. The van der Waals surface area contributed by atoms with Crippen molar-refractivity contribution in [3.8, 4) is 6.07 Å². The predicted molar refractivity (Wildman–Crippen MR) is 61.7 cm³/mol. The van der Waals surface area contributed by atoms with Gasteiger partial charge in [-0.1, -0.05) is 0 Å². The molecule has 0 unspecified atom stereocenters. The van der Waals surface area contributed by atoms with Gasteiger partial charge in [-0.05, 0) is 20.9 Å². The molecule has 1 amide bonds. The number of likely N-dealkylation sites (N-methyl/N-ethyl adjacent to an activating group) is 2. The topological polar surface area (TPSA) is 67.6 Å². The largest absolute Gasteiger partial charge is 0.389 e. The lowest BCUT2D eigenvalue weighted by Crippen LogP contribution is -2.42. The van der Waals surface area contributed by atoms with Crippen LogP contribution in [0.4, 0.5) is 0 Å². The van der Waals surface area contributed by atoms with Crippen LogP contribution >= 0.6 is 0 Å². The van der Waals surface area contributed by atoms with Crippen LogP contribution in [0.15, 0.2) is 0 Å². The van der Waals surface area contributed by atoms with Gasteiger partial charge in [0.2, 0.25) is 5.91 Å². The summed E-state index contributed by atoms with van der Waals surface area (Å²) in [5.74, 6) is -0.0398. The third-order valence-corrected chi connectivity index (χ3v) is 2.05. The number of aliphatic hydroxyl groups is 1. The van der Waals surface area contributed by atoms with Gasteiger partial charge in [-0.3, -0.25) is 9.69 Å². The Morgan fingerprint density at radius 2 is 2.00 bits per heavy atom. The quantitative estimate of drug-likeness (QED) is 0.697. The van der Waals surface area contributed by atoms with Crippen LogP contribution in [-0.4, -0.2) is 60.1 Å². The van der Waals surface area contributed by atoms with Gasteiger partial charge in [0, 0.05) is 20.1 Å². The molecule has 0 spiro atoms. The van der Waals surface area contributed by atoms with Crippen molar-refractivity contribution >= 4 is 5.91 Å². The number of nitriles is 1. The Bertz CT molecular complexity index is 265. The van der Waals surface area contributed by atoms with Crippen LogP contribution in [0, 0.1) is 11.3 Å². The van der Waals surface area contributed by atoms with Crippen LogP contribution in [0.5, 0.6) is 0 Å². The normalized spacial score (nSPS) is 11.3. The molecule has 1 N–H and O–H groups in total. The van der Waals surface area contributed by atoms with Crippen LogP contribution in [-0.2, 0) is 4.79 Å². The van der Waals surface area contributed by atoms with E-state index in [1.54, 1.807) is 32.8 Å². The highest BCUT2D eigenvalue weighted by Crippen LogP contribution is 2.03. The minimum absolute atomic E-state index is 0.0398. The fourth-order valence-electron chi connectivity index (χ4n) is 1.41.